The van der Waals surface area contributed by atoms with E-state index in [1.54, 1.807) is 12.4 Å². The number of benzene rings is 1. The van der Waals surface area contributed by atoms with E-state index < -0.39 is 11.7 Å². The van der Waals surface area contributed by atoms with Crippen LogP contribution in [0.3, 0.4) is 0 Å². The summed E-state index contributed by atoms with van der Waals surface area (Å²) in [6.07, 6.45) is 0.492. The number of anilines is 2. The van der Waals surface area contributed by atoms with Gasteiger partial charge in [0.25, 0.3) is 0 Å². The fourth-order valence-corrected chi connectivity index (χ4v) is 3.40. The lowest BCUT2D eigenvalue weighted by Gasteiger charge is -2.19. The van der Waals surface area contributed by atoms with Crippen molar-refractivity contribution < 1.29 is 18.0 Å². The van der Waals surface area contributed by atoms with E-state index in [-0.39, 0.29) is 12.1 Å². The highest BCUT2D eigenvalue weighted by molar-refractivity contribution is 6.01. The van der Waals surface area contributed by atoms with Crippen LogP contribution in [0.15, 0.2) is 55.0 Å². The van der Waals surface area contributed by atoms with Crippen molar-refractivity contribution in [1.82, 2.24) is 15.3 Å². The maximum atomic E-state index is 12.7. The second-order valence-electron chi connectivity index (χ2n) is 6.84. The third-order valence-electron chi connectivity index (χ3n) is 4.85. The van der Waals surface area contributed by atoms with Crippen LogP contribution in [0.4, 0.5) is 29.5 Å². The molecule has 6 nitrogen and oxygen atoms in total. The quantitative estimate of drug-likeness (QED) is 0.695. The Kier molecular flexibility index (Phi) is 4.96. The summed E-state index contributed by atoms with van der Waals surface area (Å²) < 4.78 is 38.0. The van der Waals surface area contributed by atoms with Gasteiger partial charge in [0.15, 0.2) is 0 Å². The van der Waals surface area contributed by atoms with Crippen LogP contribution in [0.25, 0.3) is 10.8 Å². The number of pyridine rings is 2. The number of nitrogens with one attached hydrogen (secondary N) is 2. The first kappa shape index (κ1) is 19.0. The molecule has 2 N–H and O–H groups in total. The first-order valence-electron chi connectivity index (χ1n) is 9.08. The van der Waals surface area contributed by atoms with Crippen LogP contribution < -0.4 is 15.5 Å². The predicted octanol–water partition coefficient (Wildman–Crippen LogP) is 4.05. The number of carbonyl (C=O) groups is 1. The highest BCUT2D eigenvalue weighted by atomic mass is 19.4. The number of carbonyl (C=O) groups excluding carboxylic acids is 1. The summed E-state index contributed by atoms with van der Waals surface area (Å²) in [5.74, 6) is 0.462. The second-order valence-corrected chi connectivity index (χ2v) is 6.84. The van der Waals surface area contributed by atoms with Crippen molar-refractivity contribution in [2.75, 3.05) is 23.3 Å². The number of rotatable bonds is 3. The van der Waals surface area contributed by atoms with Gasteiger partial charge in [-0.2, -0.15) is 13.2 Å². The largest absolute Gasteiger partial charge is 0.417 e. The molecule has 2 aromatic heterocycles. The first-order valence-corrected chi connectivity index (χ1v) is 9.08. The maximum absolute atomic E-state index is 12.7. The molecule has 1 aliphatic rings. The van der Waals surface area contributed by atoms with E-state index in [2.05, 4.69) is 20.6 Å². The summed E-state index contributed by atoms with van der Waals surface area (Å²) in [5, 5.41) is 7.58. The first-order chi connectivity index (χ1) is 13.9. The molecule has 150 valence electrons. The minimum Gasteiger partial charge on any atom is -0.354 e. The molecule has 3 aromatic rings. The van der Waals surface area contributed by atoms with Crippen molar-refractivity contribution in [2.45, 2.75) is 18.6 Å². The molecule has 0 saturated carbocycles. The van der Waals surface area contributed by atoms with Gasteiger partial charge in [-0.3, -0.25) is 4.98 Å². The summed E-state index contributed by atoms with van der Waals surface area (Å²) >= 11 is 0. The Morgan fingerprint density at radius 2 is 2.00 bits per heavy atom. The van der Waals surface area contributed by atoms with E-state index in [1.807, 2.05) is 29.2 Å². The number of hydrogen-bond acceptors (Lipinski definition) is 4. The van der Waals surface area contributed by atoms with Crippen LogP contribution >= 0.6 is 0 Å². The minimum atomic E-state index is -4.41. The molecule has 1 fully saturated rings. The monoisotopic (exact) mass is 401 g/mol. The normalized spacial score (nSPS) is 16.8. The number of amides is 2. The predicted molar refractivity (Wildman–Crippen MR) is 104 cm³/mol. The number of nitrogens with zero attached hydrogens (tertiary/aromatic N) is 3. The summed E-state index contributed by atoms with van der Waals surface area (Å²) in [7, 11) is 0. The fourth-order valence-electron chi connectivity index (χ4n) is 3.40. The topological polar surface area (TPSA) is 70.2 Å². The van der Waals surface area contributed by atoms with E-state index in [1.165, 1.54) is 6.07 Å². The zero-order valence-electron chi connectivity index (χ0n) is 15.3. The van der Waals surface area contributed by atoms with Crippen molar-refractivity contribution in [3.05, 3.63) is 60.6 Å². The summed E-state index contributed by atoms with van der Waals surface area (Å²) in [5.41, 5.74) is -0.0959. The average molecular weight is 401 g/mol. The smallest absolute Gasteiger partial charge is 0.354 e. The van der Waals surface area contributed by atoms with Gasteiger partial charge >= 0.3 is 12.2 Å². The van der Waals surface area contributed by atoms with Crippen molar-refractivity contribution in [2.24, 2.45) is 0 Å². The average Bonchev–Trinajstić information content (AvgIpc) is 3.16. The Labute approximate surface area is 164 Å². The molecule has 29 heavy (non-hydrogen) atoms. The van der Waals surface area contributed by atoms with Crippen LogP contribution in [-0.4, -0.2) is 35.1 Å². The van der Waals surface area contributed by atoms with E-state index in [0.29, 0.717) is 31.0 Å². The Hall–Kier alpha value is -3.36. The van der Waals surface area contributed by atoms with Crippen LogP contribution in [-0.2, 0) is 6.18 Å². The SMILES string of the molecule is O=C(Nc1cccc2cnccc12)NC1CCN(c2ccc(C(F)(F)F)cn2)C1. The molecule has 0 aliphatic carbocycles. The number of urea groups is 1. The van der Waals surface area contributed by atoms with Gasteiger partial charge in [0.2, 0.25) is 0 Å². The van der Waals surface area contributed by atoms with Gasteiger partial charge in [-0.1, -0.05) is 12.1 Å². The van der Waals surface area contributed by atoms with Crippen LogP contribution in [0, 0.1) is 0 Å². The summed E-state index contributed by atoms with van der Waals surface area (Å²) in [6.45, 7) is 1.08. The van der Waals surface area contributed by atoms with Crippen molar-refractivity contribution in [1.29, 1.82) is 0 Å². The Morgan fingerprint density at radius 3 is 2.76 bits per heavy atom. The molecule has 1 aromatic carbocycles. The van der Waals surface area contributed by atoms with Crippen molar-refractivity contribution >= 4 is 28.3 Å². The Balaban J connectivity index is 1.37. The third kappa shape index (κ3) is 4.23. The highest BCUT2D eigenvalue weighted by Crippen LogP contribution is 2.30. The maximum Gasteiger partial charge on any atom is 0.417 e. The molecule has 1 unspecified atom stereocenters. The van der Waals surface area contributed by atoms with Crippen molar-refractivity contribution in [3.8, 4) is 0 Å². The number of alkyl halides is 3. The van der Waals surface area contributed by atoms with E-state index in [0.717, 1.165) is 23.0 Å². The van der Waals surface area contributed by atoms with Crippen LogP contribution in [0.1, 0.15) is 12.0 Å². The van der Waals surface area contributed by atoms with Crippen LogP contribution in [0.2, 0.25) is 0 Å². The minimum absolute atomic E-state index is 0.129. The van der Waals surface area contributed by atoms with Gasteiger partial charge < -0.3 is 15.5 Å². The molecule has 1 aliphatic heterocycles. The van der Waals surface area contributed by atoms with Crippen molar-refractivity contribution in [3.63, 3.8) is 0 Å². The molecule has 3 heterocycles. The highest BCUT2D eigenvalue weighted by Gasteiger charge is 2.31. The Bertz CT molecular complexity index is 1020. The van der Waals surface area contributed by atoms with Gasteiger partial charge in [0.1, 0.15) is 5.82 Å². The summed E-state index contributed by atoms with van der Waals surface area (Å²) in [4.78, 5) is 22.3. The van der Waals surface area contributed by atoms with Gasteiger partial charge in [0, 0.05) is 48.5 Å². The van der Waals surface area contributed by atoms with E-state index >= 15 is 0 Å². The molecule has 0 spiro atoms. The van der Waals surface area contributed by atoms with Gasteiger partial charge in [0.05, 0.1) is 11.3 Å². The molecule has 4 rings (SSSR count). The van der Waals surface area contributed by atoms with Crippen LogP contribution in [0.5, 0.6) is 0 Å². The molecule has 9 heteroatoms. The second kappa shape index (κ2) is 7.57. The Morgan fingerprint density at radius 1 is 1.14 bits per heavy atom. The molecule has 0 bridgehead atoms. The van der Waals surface area contributed by atoms with E-state index in [4.69, 9.17) is 0 Å². The molecule has 0 radical (unpaired) electrons. The molecule has 1 atom stereocenters. The lowest BCUT2D eigenvalue weighted by Crippen LogP contribution is -2.39. The molecule has 1 saturated heterocycles. The standard InChI is InChI=1S/C20H18F3N5O/c21-20(22,23)14-4-5-18(25-11-14)28-9-7-15(12-28)26-19(29)27-17-3-1-2-13-10-24-8-6-16(13)17/h1-6,8,10-11,15H,7,9,12H2,(H2,26,27,29). The number of hydrogen-bond donors (Lipinski definition) is 2. The number of halogens is 3. The summed E-state index contributed by atoms with van der Waals surface area (Å²) in [6, 6.07) is 9.32. The number of fused-ring (bicyclic) bond motifs is 1. The molecular formula is C20H18F3N5O. The number of aromatic nitrogens is 2. The van der Waals surface area contributed by atoms with Gasteiger partial charge in [-0.15, -0.1) is 0 Å². The zero-order chi connectivity index (χ0) is 20.4. The molecule has 2 amide bonds. The van der Waals surface area contributed by atoms with Gasteiger partial charge in [-0.25, -0.2) is 9.78 Å². The lowest BCUT2D eigenvalue weighted by atomic mass is 10.1. The third-order valence-corrected chi connectivity index (χ3v) is 4.85. The zero-order valence-corrected chi connectivity index (χ0v) is 15.3. The lowest BCUT2D eigenvalue weighted by molar-refractivity contribution is -0.137. The van der Waals surface area contributed by atoms with Gasteiger partial charge in [-0.05, 0) is 30.7 Å². The fraction of sp³-hybridized carbons (Fsp3) is 0.250. The van der Waals surface area contributed by atoms with E-state index in [9.17, 15) is 18.0 Å². The molecular weight excluding hydrogens is 383 g/mol.